The number of nitrogens with zero attached hydrogens (tertiary/aromatic N) is 1. The molecular weight excluding hydrogens is 228 g/mol. The van der Waals surface area contributed by atoms with Crippen LogP contribution in [0.1, 0.15) is 24.0 Å². The third kappa shape index (κ3) is 3.23. The van der Waals surface area contributed by atoms with Crippen molar-refractivity contribution in [2.24, 2.45) is 5.73 Å². The molecule has 1 aromatic carbocycles. The Morgan fingerprint density at radius 2 is 2.06 bits per heavy atom. The van der Waals surface area contributed by atoms with Crippen molar-refractivity contribution in [2.75, 3.05) is 25.6 Å². The molecule has 2 N–H and O–H groups in total. The molecule has 0 aliphatic heterocycles. The van der Waals surface area contributed by atoms with E-state index in [9.17, 15) is 4.79 Å². The Bertz CT molecular complexity index is 430. The van der Waals surface area contributed by atoms with Crippen LogP contribution >= 0.6 is 0 Å². The van der Waals surface area contributed by atoms with E-state index in [2.05, 4.69) is 0 Å². The largest absolute Gasteiger partial charge is 0.495 e. The molecule has 1 aromatic rings. The number of hydrogen-bond donors (Lipinski definition) is 1. The number of anilines is 1. The monoisotopic (exact) mass is 250 g/mol. The molecular formula is C14H22N2O2. The number of amides is 1. The van der Waals surface area contributed by atoms with Gasteiger partial charge in [-0.3, -0.25) is 4.79 Å². The summed E-state index contributed by atoms with van der Waals surface area (Å²) < 4.78 is 5.36. The summed E-state index contributed by atoms with van der Waals surface area (Å²) in [5.74, 6) is 0.793. The summed E-state index contributed by atoms with van der Waals surface area (Å²) in [4.78, 5) is 13.7. The molecule has 0 aliphatic rings. The number of carbonyl (C=O) groups excluding carboxylic acids is 1. The van der Waals surface area contributed by atoms with Crippen molar-refractivity contribution in [1.82, 2.24) is 0 Å². The number of methoxy groups -OCH3 is 1. The average Bonchev–Trinajstić information content (AvgIpc) is 2.34. The van der Waals surface area contributed by atoms with E-state index >= 15 is 0 Å². The van der Waals surface area contributed by atoms with Crippen LogP contribution in [-0.2, 0) is 4.79 Å². The van der Waals surface area contributed by atoms with Crippen molar-refractivity contribution in [3.05, 3.63) is 23.3 Å². The minimum atomic E-state index is 0.0608. The summed E-state index contributed by atoms with van der Waals surface area (Å²) in [7, 11) is 3.40. The molecule has 1 rings (SSSR count). The van der Waals surface area contributed by atoms with Crippen molar-refractivity contribution in [3.63, 3.8) is 0 Å². The van der Waals surface area contributed by atoms with Gasteiger partial charge in [0.05, 0.1) is 12.8 Å². The predicted molar refractivity (Wildman–Crippen MR) is 74.2 cm³/mol. The van der Waals surface area contributed by atoms with Gasteiger partial charge in [-0.1, -0.05) is 6.07 Å². The number of hydrogen-bond acceptors (Lipinski definition) is 3. The summed E-state index contributed by atoms with van der Waals surface area (Å²) in [6.07, 6.45) is 1.17. The Balaban J connectivity index is 3.04. The minimum absolute atomic E-state index is 0.0608. The lowest BCUT2D eigenvalue weighted by molar-refractivity contribution is -0.118. The second kappa shape index (κ2) is 6.40. The highest BCUT2D eigenvalue weighted by molar-refractivity contribution is 5.95. The summed E-state index contributed by atoms with van der Waals surface area (Å²) >= 11 is 0. The summed E-state index contributed by atoms with van der Waals surface area (Å²) in [5.41, 5.74) is 8.42. The zero-order valence-corrected chi connectivity index (χ0v) is 11.6. The van der Waals surface area contributed by atoms with Gasteiger partial charge in [-0.05, 0) is 44.0 Å². The Morgan fingerprint density at radius 1 is 1.39 bits per heavy atom. The number of benzene rings is 1. The molecule has 0 unspecified atom stereocenters. The highest BCUT2D eigenvalue weighted by Crippen LogP contribution is 2.32. The second-order valence-corrected chi connectivity index (χ2v) is 4.48. The maximum atomic E-state index is 12.0. The van der Waals surface area contributed by atoms with E-state index in [1.165, 1.54) is 0 Å². The summed E-state index contributed by atoms with van der Waals surface area (Å²) in [6.45, 7) is 4.52. The SMILES string of the molecule is COc1cc(C)cc(C)c1N(C)C(=O)CCCN. The first-order valence-electron chi connectivity index (χ1n) is 6.13. The zero-order chi connectivity index (χ0) is 13.7. The van der Waals surface area contributed by atoms with Crippen molar-refractivity contribution in [1.29, 1.82) is 0 Å². The predicted octanol–water partition coefficient (Wildman–Crippen LogP) is 2.01. The number of rotatable bonds is 5. The van der Waals surface area contributed by atoms with Gasteiger partial charge in [-0.25, -0.2) is 0 Å². The molecule has 0 aliphatic carbocycles. The Morgan fingerprint density at radius 3 is 2.61 bits per heavy atom. The van der Waals surface area contributed by atoms with E-state index in [4.69, 9.17) is 10.5 Å². The van der Waals surface area contributed by atoms with Gasteiger partial charge >= 0.3 is 0 Å². The average molecular weight is 250 g/mol. The van der Waals surface area contributed by atoms with Crippen LogP contribution in [0.2, 0.25) is 0 Å². The molecule has 0 saturated carbocycles. The van der Waals surface area contributed by atoms with Crippen molar-refractivity contribution >= 4 is 11.6 Å². The van der Waals surface area contributed by atoms with Gasteiger partial charge < -0.3 is 15.4 Å². The summed E-state index contributed by atoms with van der Waals surface area (Å²) in [6, 6.07) is 3.99. The van der Waals surface area contributed by atoms with E-state index in [1.807, 2.05) is 26.0 Å². The van der Waals surface area contributed by atoms with E-state index in [0.717, 1.165) is 22.6 Å². The van der Waals surface area contributed by atoms with Crippen LogP contribution in [0.5, 0.6) is 5.75 Å². The van der Waals surface area contributed by atoms with Crippen molar-refractivity contribution in [3.8, 4) is 5.75 Å². The molecule has 1 amide bonds. The molecule has 4 heteroatoms. The van der Waals surface area contributed by atoms with Gasteiger partial charge in [0, 0.05) is 13.5 Å². The molecule has 0 fully saturated rings. The summed E-state index contributed by atoms with van der Waals surface area (Å²) in [5, 5.41) is 0. The molecule has 0 aromatic heterocycles. The van der Waals surface area contributed by atoms with Gasteiger partial charge in [0.1, 0.15) is 5.75 Å². The second-order valence-electron chi connectivity index (χ2n) is 4.48. The fraction of sp³-hybridized carbons (Fsp3) is 0.500. The van der Waals surface area contributed by atoms with Gasteiger partial charge in [0.15, 0.2) is 0 Å². The van der Waals surface area contributed by atoms with Crippen LogP contribution in [0.4, 0.5) is 5.69 Å². The van der Waals surface area contributed by atoms with E-state index < -0.39 is 0 Å². The number of nitrogens with two attached hydrogens (primary N) is 1. The normalized spacial score (nSPS) is 10.3. The van der Waals surface area contributed by atoms with Crippen LogP contribution in [0.15, 0.2) is 12.1 Å². The van der Waals surface area contributed by atoms with E-state index in [1.54, 1.807) is 19.1 Å². The first-order chi connectivity index (χ1) is 8.51. The lowest BCUT2D eigenvalue weighted by Crippen LogP contribution is -2.27. The topological polar surface area (TPSA) is 55.6 Å². The molecule has 0 radical (unpaired) electrons. The lowest BCUT2D eigenvalue weighted by Gasteiger charge is -2.22. The first kappa shape index (κ1) is 14.5. The van der Waals surface area contributed by atoms with Gasteiger partial charge in [0.25, 0.3) is 0 Å². The molecule has 0 bridgehead atoms. The van der Waals surface area contributed by atoms with Gasteiger partial charge in [-0.15, -0.1) is 0 Å². The molecule has 0 atom stereocenters. The first-order valence-corrected chi connectivity index (χ1v) is 6.13. The van der Waals surface area contributed by atoms with E-state index in [0.29, 0.717) is 19.4 Å². The van der Waals surface area contributed by atoms with Crippen LogP contribution < -0.4 is 15.4 Å². The number of ether oxygens (including phenoxy) is 1. The Kier molecular flexibility index (Phi) is 5.16. The molecule has 0 spiro atoms. The number of carbonyl (C=O) groups is 1. The third-order valence-electron chi connectivity index (χ3n) is 2.93. The van der Waals surface area contributed by atoms with Crippen LogP contribution in [0, 0.1) is 13.8 Å². The van der Waals surface area contributed by atoms with Crippen LogP contribution in [-0.4, -0.2) is 26.6 Å². The van der Waals surface area contributed by atoms with Gasteiger partial charge in [0.2, 0.25) is 5.91 Å². The molecule has 0 heterocycles. The maximum Gasteiger partial charge on any atom is 0.226 e. The molecule has 18 heavy (non-hydrogen) atoms. The van der Waals surface area contributed by atoms with Crippen molar-refractivity contribution in [2.45, 2.75) is 26.7 Å². The smallest absolute Gasteiger partial charge is 0.226 e. The van der Waals surface area contributed by atoms with Crippen LogP contribution in [0.3, 0.4) is 0 Å². The van der Waals surface area contributed by atoms with Crippen LogP contribution in [0.25, 0.3) is 0 Å². The molecule has 100 valence electrons. The lowest BCUT2D eigenvalue weighted by atomic mass is 10.1. The quantitative estimate of drug-likeness (QED) is 0.869. The molecule has 4 nitrogen and oxygen atoms in total. The Hall–Kier alpha value is -1.55. The van der Waals surface area contributed by atoms with E-state index in [-0.39, 0.29) is 5.91 Å². The maximum absolute atomic E-state index is 12.0. The fourth-order valence-electron chi connectivity index (χ4n) is 2.05. The fourth-order valence-corrected chi connectivity index (χ4v) is 2.05. The minimum Gasteiger partial charge on any atom is -0.495 e. The highest BCUT2D eigenvalue weighted by atomic mass is 16.5. The molecule has 0 saturated heterocycles. The van der Waals surface area contributed by atoms with Crippen molar-refractivity contribution < 1.29 is 9.53 Å². The number of aryl methyl sites for hydroxylation is 2. The Labute approximate surface area is 109 Å². The standard InChI is InChI=1S/C14H22N2O2/c1-10-8-11(2)14(12(9-10)18-4)16(3)13(17)6-5-7-15/h8-9H,5-7,15H2,1-4H3. The zero-order valence-electron chi connectivity index (χ0n) is 11.6. The highest BCUT2D eigenvalue weighted by Gasteiger charge is 2.17. The van der Waals surface area contributed by atoms with Gasteiger partial charge in [-0.2, -0.15) is 0 Å². The third-order valence-corrected chi connectivity index (χ3v) is 2.93.